The predicted octanol–water partition coefficient (Wildman–Crippen LogP) is 3.03. The summed E-state index contributed by atoms with van der Waals surface area (Å²) in [5.74, 6) is 0.580. The molecule has 6 heteroatoms. The van der Waals surface area contributed by atoms with Crippen molar-refractivity contribution in [2.75, 3.05) is 20.6 Å². The van der Waals surface area contributed by atoms with Gasteiger partial charge >= 0.3 is 0 Å². The number of aliphatic imine (C=N–C) groups is 1. The first-order chi connectivity index (χ1) is 12.6. The van der Waals surface area contributed by atoms with Gasteiger partial charge in [-0.15, -0.1) is 0 Å². The molecule has 0 unspecified atom stereocenters. The number of aryl methyl sites for hydroxylation is 1. The molecule has 136 valence electrons. The Hall–Kier alpha value is -2.89. The van der Waals surface area contributed by atoms with Crippen LogP contribution >= 0.6 is 0 Å². The summed E-state index contributed by atoms with van der Waals surface area (Å²) in [4.78, 5) is 11.0. The van der Waals surface area contributed by atoms with Crippen LogP contribution in [0.25, 0.3) is 5.65 Å². The Morgan fingerprint density at radius 2 is 2.04 bits per heavy atom. The van der Waals surface area contributed by atoms with Crippen molar-refractivity contribution in [3.63, 3.8) is 0 Å². The summed E-state index contributed by atoms with van der Waals surface area (Å²) >= 11 is 0. The molecule has 0 saturated heterocycles. The van der Waals surface area contributed by atoms with Crippen molar-refractivity contribution in [3.05, 3.63) is 71.4 Å². The standard InChI is InChI=1S/C20H24FN5/c1-15-5-4-12-26-14-18(24-19(15)26)10-11-23-20(22-2)25(3)13-16-6-8-17(21)9-7-16/h4-9,12,14H,10-11,13H2,1-3H3,(H,22,23). The van der Waals surface area contributed by atoms with Crippen LogP contribution in [0.3, 0.4) is 0 Å². The highest BCUT2D eigenvalue weighted by Gasteiger charge is 2.08. The average Bonchev–Trinajstić information content (AvgIpc) is 3.05. The quantitative estimate of drug-likeness (QED) is 0.566. The molecule has 0 bridgehead atoms. The summed E-state index contributed by atoms with van der Waals surface area (Å²) in [5.41, 5.74) is 4.25. The zero-order valence-corrected chi connectivity index (χ0v) is 15.4. The fourth-order valence-electron chi connectivity index (χ4n) is 2.95. The van der Waals surface area contributed by atoms with Crippen LogP contribution in [-0.2, 0) is 13.0 Å². The number of hydrogen-bond acceptors (Lipinski definition) is 2. The van der Waals surface area contributed by atoms with Gasteiger partial charge in [0.15, 0.2) is 5.96 Å². The number of fused-ring (bicyclic) bond motifs is 1. The number of guanidine groups is 1. The molecule has 0 aliphatic heterocycles. The molecule has 26 heavy (non-hydrogen) atoms. The van der Waals surface area contributed by atoms with Gasteiger partial charge in [0.2, 0.25) is 0 Å². The SMILES string of the molecule is CN=C(NCCc1cn2cccc(C)c2n1)N(C)Cc1ccc(F)cc1. The van der Waals surface area contributed by atoms with Gasteiger partial charge in [0.05, 0.1) is 5.69 Å². The molecule has 0 spiro atoms. The molecule has 1 aromatic carbocycles. The van der Waals surface area contributed by atoms with Gasteiger partial charge in [0.25, 0.3) is 0 Å². The number of rotatable bonds is 5. The molecular formula is C20H24FN5. The second-order valence-corrected chi connectivity index (χ2v) is 6.36. The van der Waals surface area contributed by atoms with Gasteiger partial charge in [-0.2, -0.15) is 0 Å². The molecule has 0 saturated carbocycles. The second-order valence-electron chi connectivity index (χ2n) is 6.36. The molecule has 2 aromatic heterocycles. The van der Waals surface area contributed by atoms with Crippen molar-refractivity contribution >= 4 is 11.6 Å². The Labute approximate surface area is 153 Å². The molecule has 0 amide bonds. The number of benzene rings is 1. The van der Waals surface area contributed by atoms with Gasteiger partial charge in [-0.25, -0.2) is 9.37 Å². The zero-order valence-electron chi connectivity index (χ0n) is 15.4. The van der Waals surface area contributed by atoms with Gasteiger partial charge in [-0.1, -0.05) is 18.2 Å². The average molecular weight is 353 g/mol. The van der Waals surface area contributed by atoms with E-state index in [9.17, 15) is 4.39 Å². The minimum absolute atomic E-state index is 0.221. The van der Waals surface area contributed by atoms with Gasteiger partial charge in [-0.3, -0.25) is 4.99 Å². The highest BCUT2D eigenvalue weighted by Crippen LogP contribution is 2.10. The molecule has 0 aliphatic carbocycles. The fraction of sp³-hybridized carbons (Fsp3) is 0.300. The first-order valence-corrected chi connectivity index (χ1v) is 8.66. The number of nitrogens with zero attached hydrogens (tertiary/aromatic N) is 4. The molecule has 1 N–H and O–H groups in total. The van der Waals surface area contributed by atoms with Crippen LogP contribution in [0.15, 0.2) is 53.8 Å². The first kappa shape index (κ1) is 17.9. The van der Waals surface area contributed by atoms with Crippen LogP contribution < -0.4 is 5.32 Å². The van der Waals surface area contributed by atoms with Crippen LogP contribution in [0.5, 0.6) is 0 Å². The van der Waals surface area contributed by atoms with Gasteiger partial charge in [0, 0.05) is 46.0 Å². The van der Waals surface area contributed by atoms with Crippen molar-refractivity contribution in [2.45, 2.75) is 19.9 Å². The number of imidazole rings is 1. The summed E-state index contributed by atoms with van der Waals surface area (Å²) < 4.78 is 15.1. The van der Waals surface area contributed by atoms with E-state index in [0.29, 0.717) is 6.54 Å². The fourth-order valence-corrected chi connectivity index (χ4v) is 2.95. The number of nitrogens with one attached hydrogen (secondary N) is 1. The summed E-state index contributed by atoms with van der Waals surface area (Å²) in [6.07, 6.45) is 4.89. The highest BCUT2D eigenvalue weighted by molar-refractivity contribution is 5.79. The number of aromatic nitrogens is 2. The molecule has 0 atom stereocenters. The maximum absolute atomic E-state index is 13.0. The van der Waals surface area contributed by atoms with E-state index in [0.717, 1.165) is 35.8 Å². The van der Waals surface area contributed by atoms with Crippen LogP contribution in [0, 0.1) is 12.7 Å². The Morgan fingerprint density at radius 3 is 2.73 bits per heavy atom. The highest BCUT2D eigenvalue weighted by atomic mass is 19.1. The minimum atomic E-state index is -0.221. The smallest absolute Gasteiger partial charge is 0.193 e. The lowest BCUT2D eigenvalue weighted by atomic mass is 10.2. The van der Waals surface area contributed by atoms with Crippen molar-refractivity contribution in [3.8, 4) is 0 Å². The van der Waals surface area contributed by atoms with E-state index in [2.05, 4.69) is 38.9 Å². The van der Waals surface area contributed by atoms with Gasteiger partial charge in [-0.05, 0) is 36.2 Å². The van der Waals surface area contributed by atoms with Crippen molar-refractivity contribution in [1.29, 1.82) is 0 Å². The van der Waals surface area contributed by atoms with Crippen molar-refractivity contribution < 1.29 is 4.39 Å². The van der Waals surface area contributed by atoms with E-state index in [4.69, 9.17) is 0 Å². The Bertz CT molecular complexity index is 898. The van der Waals surface area contributed by atoms with Crippen molar-refractivity contribution in [1.82, 2.24) is 19.6 Å². The molecule has 2 heterocycles. The lowest BCUT2D eigenvalue weighted by Crippen LogP contribution is -2.39. The molecule has 5 nitrogen and oxygen atoms in total. The van der Waals surface area contributed by atoms with Crippen LogP contribution in [-0.4, -0.2) is 40.9 Å². The zero-order chi connectivity index (χ0) is 18.5. The summed E-state index contributed by atoms with van der Waals surface area (Å²) in [6, 6.07) is 10.6. The second kappa shape index (κ2) is 7.99. The summed E-state index contributed by atoms with van der Waals surface area (Å²) in [5, 5.41) is 3.36. The van der Waals surface area contributed by atoms with E-state index in [1.54, 1.807) is 19.2 Å². The topological polar surface area (TPSA) is 44.9 Å². The number of pyridine rings is 1. The Kier molecular flexibility index (Phi) is 5.51. The Balaban J connectivity index is 1.56. The maximum atomic E-state index is 13.0. The lowest BCUT2D eigenvalue weighted by molar-refractivity contribution is 0.476. The minimum Gasteiger partial charge on any atom is -0.356 e. The van der Waals surface area contributed by atoms with Gasteiger partial charge < -0.3 is 14.6 Å². The summed E-state index contributed by atoms with van der Waals surface area (Å²) in [6.45, 7) is 3.47. The third-order valence-electron chi connectivity index (χ3n) is 4.30. The molecule has 0 radical (unpaired) electrons. The van der Waals surface area contributed by atoms with Crippen molar-refractivity contribution in [2.24, 2.45) is 4.99 Å². The van der Waals surface area contributed by atoms with E-state index < -0.39 is 0 Å². The largest absolute Gasteiger partial charge is 0.356 e. The first-order valence-electron chi connectivity index (χ1n) is 8.66. The molecule has 3 rings (SSSR count). The van der Waals surface area contributed by atoms with E-state index in [-0.39, 0.29) is 5.82 Å². The molecule has 0 fully saturated rings. The third kappa shape index (κ3) is 4.20. The van der Waals surface area contributed by atoms with E-state index >= 15 is 0 Å². The van der Waals surface area contributed by atoms with Crippen LogP contribution in [0.1, 0.15) is 16.8 Å². The number of halogens is 1. The molecule has 0 aliphatic rings. The van der Waals surface area contributed by atoms with E-state index in [1.807, 2.05) is 24.2 Å². The van der Waals surface area contributed by atoms with Gasteiger partial charge in [0.1, 0.15) is 11.5 Å². The van der Waals surface area contributed by atoms with Crippen LogP contribution in [0.4, 0.5) is 4.39 Å². The third-order valence-corrected chi connectivity index (χ3v) is 4.30. The normalized spacial score (nSPS) is 11.8. The summed E-state index contributed by atoms with van der Waals surface area (Å²) in [7, 11) is 3.73. The predicted molar refractivity (Wildman–Crippen MR) is 103 cm³/mol. The maximum Gasteiger partial charge on any atom is 0.193 e. The lowest BCUT2D eigenvalue weighted by Gasteiger charge is -2.22. The van der Waals surface area contributed by atoms with Crippen LogP contribution in [0.2, 0.25) is 0 Å². The molecular weight excluding hydrogens is 329 g/mol. The molecule has 3 aromatic rings. The number of hydrogen-bond donors (Lipinski definition) is 1. The Morgan fingerprint density at radius 1 is 1.27 bits per heavy atom. The van der Waals surface area contributed by atoms with E-state index in [1.165, 1.54) is 17.7 Å². The monoisotopic (exact) mass is 353 g/mol.